The van der Waals surface area contributed by atoms with Crippen molar-refractivity contribution in [2.75, 3.05) is 13.1 Å². The third-order valence-electron chi connectivity index (χ3n) is 5.56. The molecule has 1 saturated heterocycles. The molecular formula is C21H23N3O2. The molecule has 0 unspecified atom stereocenters. The minimum Gasteiger partial charge on any atom is -0.342 e. The van der Waals surface area contributed by atoms with E-state index in [1.54, 1.807) is 6.20 Å². The number of allylic oxidation sites excluding steroid dienone is 1. The highest BCUT2D eigenvalue weighted by molar-refractivity contribution is 6.10. The summed E-state index contributed by atoms with van der Waals surface area (Å²) in [7, 11) is 0. The second-order valence-corrected chi connectivity index (χ2v) is 7.09. The zero-order chi connectivity index (χ0) is 17.9. The van der Waals surface area contributed by atoms with Gasteiger partial charge in [0.15, 0.2) is 5.78 Å². The third kappa shape index (κ3) is 3.34. The molecule has 1 aromatic carbocycles. The van der Waals surface area contributed by atoms with Crippen molar-refractivity contribution in [2.45, 2.75) is 38.0 Å². The van der Waals surface area contributed by atoms with Crippen molar-refractivity contribution in [1.29, 1.82) is 0 Å². The topological polar surface area (TPSA) is 66.1 Å². The molecular weight excluding hydrogens is 326 g/mol. The van der Waals surface area contributed by atoms with Crippen LogP contribution in [0.25, 0.3) is 5.57 Å². The fourth-order valence-corrected chi connectivity index (χ4v) is 4.07. The van der Waals surface area contributed by atoms with E-state index < -0.39 is 0 Å². The Morgan fingerprint density at radius 2 is 1.88 bits per heavy atom. The molecule has 1 N–H and O–H groups in total. The van der Waals surface area contributed by atoms with Crippen LogP contribution in [0.15, 0.2) is 48.2 Å². The highest BCUT2D eigenvalue weighted by Crippen LogP contribution is 2.34. The first-order valence-electron chi connectivity index (χ1n) is 9.30. The lowest BCUT2D eigenvalue weighted by molar-refractivity contribution is -0.132. The monoisotopic (exact) mass is 349 g/mol. The number of carbonyl (C=O) groups excluding carboxylic acids is 2. The van der Waals surface area contributed by atoms with Gasteiger partial charge in [0.1, 0.15) is 0 Å². The van der Waals surface area contributed by atoms with E-state index in [4.69, 9.17) is 0 Å². The van der Waals surface area contributed by atoms with Gasteiger partial charge in [-0.1, -0.05) is 30.3 Å². The van der Waals surface area contributed by atoms with Crippen LogP contribution in [0.5, 0.6) is 0 Å². The Morgan fingerprint density at radius 1 is 1.12 bits per heavy atom. The first-order valence-corrected chi connectivity index (χ1v) is 9.30. The summed E-state index contributed by atoms with van der Waals surface area (Å²) in [6, 6.07) is 12.0. The number of piperidine rings is 1. The maximum absolute atomic E-state index is 12.8. The van der Waals surface area contributed by atoms with Crippen LogP contribution in [0.4, 0.5) is 0 Å². The Morgan fingerprint density at radius 3 is 2.58 bits per heavy atom. The second kappa shape index (κ2) is 7.28. The van der Waals surface area contributed by atoms with Gasteiger partial charge >= 0.3 is 0 Å². The second-order valence-electron chi connectivity index (χ2n) is 7.09. The van der Waals surface area contributed by atoms with Crippen LogP contribution in [0, 0.1) is 0 Å². The normalized spacial score (nSPS) is 18.6. The molecule has 0 radical (unpaired) electrons. The molecule has 1 aromatic heterocycles. The van der Waals surface area contributed by atoms with Gasteiger partial charge in [0.05, 0.1) is 6.42 Å². The molecule has 0 atom stereocenters. The van der Waals surface area contributed by atoms with Gasteiger partial charge in [-0.2, -0.15) is 5.10 Å². The zero-order valence-electron chi connectivity index (χ0n) is 14.8. The van der Waals surface area contributed by atoms with Crippen LogP contribution in [0.3, 0.4) is 0 Å². The lowest BCUT2D eigenvalue weighted by atomic mass is 9.93. The van der Waals surface area contributed by atoms with E-state index in [-0.39, 0.29) is 18.1 Å². The van der Waals surface area contributed by atoms with E-state index in [0.717, 1.165) is 54.8 Å². The minimum absolute atomic E-state index is 0.0757. The van der Waals surface area contributed by atoms with Crippen molar-refractivity contribution in [2.24, 2.45) is 0 Å². The molecule has 4 rings (SSSR count). The van der Waals surface area contributed by atoms with E-state index in [0.29, 0.717) is 12.3 Å². The van der Waals surface area contributed by atoms with Crippen LogP contribution in [-0.4, -0.2) is 39.9 Å². The molecule has 0 saturated carbocycles. The number of nitrogens with zero attached hydrogens (tertiary/aromatic N) is 2. The quantitative estimate of drug-likeness (QED) is 0.921. The number of benzene rings is 1. The summed E-state index contributed by atoms with van der Waals surface area (Å²) in [5.74, 6) is 0.644. The van der Waals surface area contributed by atoms with Crippen molar-refractivity contribution in [1.82, 2.24) is 15.1 Å². The molecule has 0 spiro atoms. The fourth-order valence-electron chi connectivity index (χ4n) is 4.07. The number of amides is 1. The Balaban J connectivity index is 1.43. The lowest BCUT2D eigenvalue weighted by Gasteiger charge is -2.31. The summed E-state index contributed by atoms with van der Waals surface area (Å²) in [5.41, 5.74) is 3.99. The van der Waals surface area contributed by atoms with Crippen LogP contribution in [-0.2, 0) is 9.59 Å². The molecule has 0 bridgehead atoms. The third-order valence-corrected chi connectivity index (χ3v) is 5.56. The largest absolute Gasteiger partial charge is 0.342 e. The van der Waals surface area contributed by atoms with E-state index in [1.807, 2.05) is 41.3 Å². The predicted octanol–water partition coefficient (Wildman–Crippen LogP) is 3.32. The number of aromatic nitrogens is 2. The smallest absolute Gasteiger partial charge is 0.227 e. The maximum atomic E-state index is 12.8. The number of rotatable bonds is 4. The number of ketones is 1. The summed E-state index contributed by atoms with van der Waals surface area (Å²) >= 11 is 0. The average Bonchev–Trinajstić information content (AvgIpc) is 3.34. The number of likely N-dealkylation sites (tertiary alicyclic amines) is 1. The standard InChI is InChI=1S/C21H23N3O2/c25-20-7-6-17(15-4-2-1-3-5-15)18(20)14-21(26)24-12-9-16(10-13-24)19-8-11-22-23-19/h1-5,8,11,16H,6-7,9-10,12-14H2,(H,22,23). The van der Waals surface area contributed by atoms with Gasteiger partial charge in [-0.15, -0.1) is 0 Å². The first-order chi connectivity index (χ1) is 12.7. The molecule has 26 heavy (non-hydrogen) atoms. The van der Waals surface area contributed by atoms with Crippen molar-refractivity contribution in [3.8, 4) is 0 Å². The number of H-pyrrole nitrogens is 1. The molecule has 134 valence electrons. The first kappa shape index (κ1) is 16.8. The number of aromatic amines is 1. The summed E-state index contributed by atoms with van der Waals surface area (Å²) in [5, 5.41) is 7.05. The summed E-state index contributed by atoms with van der Waals surface area (Å²) in [6.45, 7) is 1.48. The van der Waals surface area contributed by atoms with Crippen LogP contribution in [0.2, 0.25) is 0 Å². The zero-order valence-corrected chi connectivity index (χ0v) is 14.8. The molecule has 2 heterocycles. The highest BCUT2D eigenvalue weighted by Gasteiger charge is 2.29. The summed E-state index contributed by atoms with van der Waals surface area (Å²) in [4.78, 5) is 27.0. The number of hydrogen-bond donors (Lipinski definition) is 1. The molecule has 5 heteroatoms. The van der Waals surface area contributed by atoms with Gasteiger partial charge in [-0.3, -0.25) is 14.7 Å². The molecule has 5 nitrogen and oxygen atoms in total. The van der Waals surface area contributed by atoms with Gasteiger partial charge in [0, 0.05) is 42.9 Å². The minimum atomic E-state index is 0.0757. The van der Waals surface area contributed by atoms with Crippen molar-refractivity contribution in [3.05, 3.63) is 59.4 Å². The van der Waals surface area contributed by atoms with E-state index in [9.17, 15) is 9.59 Å². The lowest BCUT2D eigenvalue weighted by Crippen LogP contribution is -2.38. The molecule has 1 aliphatic heterocycles. The Hall–Kier alpha value is -2.69. The Bertz CT molecular complexity index is 816. The van der Waals surface area contributed by atoms with E-state index in [2.05, 4.69) is 10.2 Å². The van der Waals surface area contributed by atoms with Crippen molar-refractivity contribution < 1.29 is 9.59 Å². The fraction of sp³-hybridized carbons (Fsp3) is 0.381. The van der Waals surface area contributed by atoms with Gasteiger partial charge in [0.2, 0.25) is 5.91 Å². The Labute approximate surface area is 153 Å². The number of carbonyl (C=O) groups is 2. The molecule has 1 aliphatic carbocycles. The average molecular weight is 349 g/mol. The van der Waals surface area contributed by atoms with Crippen LogP contribution < -0.4 is 0 Å². The van der Waals surface area contributed by atoms with Crippen LogP contribution in [0.1, 0.15) is 49.3 Å². The van der Waals surface area contributed by atoms with E-state index in [1.165, 1.54) is 0 Å². The number of Topliss-reactive ketones (excluding diaryl/α,β-unsaturated/α-hetero) is 1. The summed E-state index contributed by atoms with van der Waals surface area (Å²) in [6.07, 6.45) is 5.15. The maximum Gasteiger partial charge on any atom is 0.227 e. The van der Waals surface area contributed by atoms with Crippen molar-refractivity contribution >= 4 is 17.3 Å². The SMILES string of the molecule is O=C1CCC(c2ccccc2)=C1CC(=O)N1CCC(c2ccn[nH]2)CC1. The number of hydrogen-bond acceptors (Lipinski definition) is 3. The highest BCUT2D eigenvalue weighted by atomic mass is 16.2. The Kier molecular flexibility index (Phi) is 4.69. The number of nitrogens with one attached hydrogen (secondary N) is 1. The van der Waals surface area contributed by atoms with Gasteiger partial charge in [-0.05, 0) is 36.5 Å². The van der Waals surface area contributed by atoms with Gasteiger partial charge in [-0.25, -0.2) is 0 Å². The molecule has 2 aliphatic rings. The molecule has 1 fully saturated rings. The predicted molar refractivity (Wildman–Crippen MR) is 99.4 cm³/mol. The molecule has 2 aromatic rings. The van der Waals surface area contributed by atoms with Crippen molar-refractivity contribution in [3.63, 3.8) is 0 Å². The van der Waals surface area contributed by atoms with Crippen LogP contribution >= 0.6 is 0 Å². The van der Waals surface area contributed by atoms with Gasteiger partial charge < -0.3 is 4.90 Å². The van der Waals surface area contributed by atoms with Gasteiger partial charge in [0.25, 0.3) is 0 Å². The van der Waals surface area contributed by atoms with E-state index >= 15 is 0 Å². The summed E-state index contributed by atoms with van der Waals surface area (Å²) < 4.78 is 0. The molecule has 1 amide bonds.